The summed E-state index contributed by atoms with van der Waals surface area (Å²) >= 11 is 5.94. The molecule has 0 spiro atoms. The van der Waals surface area contributed by atoms with Crippen molar-refractivity contribution in [3.05, 3.63) is 70.2 Å². The standard InChI is InChI=1S/C19H20ClNO4/c1-13(16-4-3-5-17(20)10-16)21-18(22)12-25-19(23)15-8-6-14(7-9-15)11-24-2/h3-10,13H,11-12H2,1-2H3,(H,21,22). The third-order valence-corrected chi connectivity index (χ3v) is 3.80. The molecule has 1 N–H and O–H groups in total. The van der Waals surface area contributed by atoms with E-state index in [1.54, 1.807) is 43.5 Å². The van der Waals surface area contributed by atoms with Gasteiger partial charge >= 0.3 is 5.97 Å². The van der Waals surface area contributed by atoms with E-state index in [0.717, 1.165) is 11.1 Å². The van der Waals surface area contributed by atoms with Gasteiger partial charge in [-0.15, -0.1) is 0 Å². The molecule has 0 radical (unpaired) electrons. The van der Waals surface area contributed by atoms with Gasteiger partial charge in [0.1, 0.15) is 0 Å². The fourth-order valence-electron chi connectivity index (χ4n) is 2.26. The normalized spacial score (nSPS) is 11.6. The van der Waals surface area contributed by atoms with Crippen molar-refractivity contribution in [2.45, 2.75) is 19.6 Å². The lowest BCUT2D eigenvalue weighted by Crippen LogP contribution is -2.31. The quantitative estimate of drug-likeness (QED) is 0.766. The number of carbonyl (C=O) groups is 2. The minimum Gasteiger partial charge on any atom is -0.452 e. The number of rotatable bonds is 7. The maximum atomic E-state index is 12.0. The number of hydrogen-bond donors (Lipinski definition) is 1. The first-order chi connectivity index (χ1) is 12.0. The topological polar surface area (TPSA) is 64.6 Å². The van der Waals surface area contributed by atoms with E-state index in [9.17, 15) is 9.59 Å². The highest BCUT2D eigenvalue weighted by Gasteiger charge is 2.13. The van der Waals surface area contributed by atoms with Crippen LogP contribution in [0.4, 0.5) is 0 Å². The van der Waals surface area contributed by atoms with Gasteiger partial charge in [0.15, 0.2) is 6.61 Å². The number of carbonyl (C=O) groups excluding carboxylic acids is 2. The molecule has 1 atom stereocenters. The Bertz CT molecular complexity index is 730. The van der Waals surface area contributed by atoms with Gasteiger partial charge in [-0.05, 0) is 42.3 Å². The van der Waals surface area contributed by atoms with Crippen LogP contribution in [0.3, 0.4) is 0 Å². The average Bonchev–Trinajstić information content (AvgIpc) is 2.60. The maximum absolute atomic E-state index is 12.0. The van der Waals surface area contributed by atoms with Gasteiger partial charge in [0.05, 0.1) is 18.2 Å². The van der Waals surface area contributed by atoms with Gasteiger partial charge in [-0.25, -0.2) is 4.79 Å². The molecule has 2 aromatic rings. The van der Waals surface area contributed by atoms with Crippen LogP contribution in [0.1, 0.15) is 34.5 Å². The number of hydrogen-bond acceptors (Lipinski definition) is 4. The van der Waals surface area contributed by atoms with Gasteiger partial charge in [-0.1, -0.05) is 35.9 Å². The van der Waals surface area contributed by atoms with E-state index in [2.05, 4.69) is 5.32 Å². The summed E-state index contributed by atoms with van der Waals surface area (Å²) in [7, 11) is 1.60. The van der Waals surface area contributed by atoms with E-state index in [1.165, 1.54) is 0 Å². The van der Waals surface area contributed by atoms with Crippen LogP contribution in [0.25, 0.3) is 0 Å². The molecule has 6 heteroatoms. The van der Waals surface area contributed by atoms with Crippen molar-refractivity contribution in [3.8, 4) is 0 Å². The number of methoxy groups -OCH3 is 1. The van der Waals surface area contributed by atoms with Crippen molar-refractivity contribution in [3.63, 3.8) is 0 Å². The van der Waals surface area contributed by atoms with Crippen LogP contribution in [0.5, 0.6) is 0 Å². The Morgan fingerprint density at radius 1 is 1.16 bits per heavy atom. The van der Waals surface area contributed by atoms with Crippen LogP contribution in [0.2, 0.25) is 5.02 Å². The fraction of sp³-hybridized carbons (Fsp3) is 0.263. The number of nitrogens with one attached hydrogen (secondary N) is 1. The van der Waals surface area contributed by atoms with E-state index in [4.69, 9.17) is 21.1 Å². The number of ether oxygens (including phenoxy) is 2. The Labute approximate surface area is 151 Å². The van der Waals surface area contributed by atoms with Gasteiger partial charge in [-0.3, -0.25) is 4.79 Å². The second-order valence-electron chi connectivity index (χ2n) is 5.55. The van der Waals surface area contributed by atoms with E-state index >= 15 is 0 Å². The van der Waals surface area contributed by atoms with Crippen LogP contribution in [-0.4, -0.2) is 25.6 Å². The van der Waals surface area contributed by atoms with Crippen molar-refractivity contribution in [2.24, 2.45) is 0 Å². The van der Waals surface area contributed by atoms with E-state index in [1.807, 2.05) is 19.1 Å². The Morgan fingerprint density at radius 2 is 1.88 bits per heavy atom. The fourth-order valence-corrected chi connectivity index (χ4v) is 2.46. The SMILES string of the molecule is COCc1ccc(C(=O)OCC(=O)NC(C)c2cccc(Cl)c2)cc1. The molecule has 0 aliphatic carbocycles. The smallest absolute Gasteiger partial charge is 0.338 e. The molecule has 0 saturated heterocycles. The molecule has 0 bridgehead atoms. The third-order valence-electron chi connectivity index (χ3n) is 3.56. The number of benzene rings is 2. The Balaban J connectivity index is 1.83. The summed E-state index contributed by atoms with van der Waals surface area (Å²) in [4.78, 5) is 23.9. The van der Waals surface area contributed by atoms with Crippen molar-refractivity contribution in [2.75, 3.05) is 13.7 Å². The summed E-state index contributed by atoms with van der Waals surface area (Å²) in [6.45, 7) is 1.96. The van der Waals surface area contributed by atoms with Gasteiger partial charge < -0.3 is 14.8 Å². The van der Waals surface area contributed by atoms with Crippen molar-refractivity contribution < 1.29 is 19.1 Å². The molecule has 0 aromatic heterocycles. The summed E-state index contributed by atoms with van der Waals surface area (Å²) in [5, 5.41) is 3.36. The first-order valence-electron chi connectivity index (χ1n) is 7.79. The molecule has 132 valence electrons. The van der Waals surface area contributed by atoms with Crippen LogP contribution in [-0.2, 0) is 20.9 Å². The zero-order valence-electron chi connectivity index (χ0n) is 14.1. The van der Waals surface area contributed by atoms with E-state index < -0.39 is 5.97 Å². The molecule has 0 saturated carbocycles. The molecule has 0 fully saturated rings. The molecular weight excluding hydrogens is 342 g/mol. The molecule has 0 aliphatic heterocycles. The Morgan fingerprint density at radius 3 is 2.52 bits per heavy atom. The first kappa shape index (κ1) is 19.0. The van der Waals surface area contributed by atoms with Crippen molar-refractivity contribution in [1.29, 1.82) is 0 Å². The lowest BCUT2D eigenvalue weighted by Gasteiger charge is -2.14. The second kappa shape index (κ2) is 9.20. The molecule has 2 rings (SSSR count). The van der Waals surface area contributed by atoms with E-state index in [0.29, 0.717) is 17.2 Å². The highest BCUT2D eigenvalue weighted by Crippen LogP contribution is 2.17. The molecule has 5 nitrogen and oxygen atoms in total. The zero-order valence-corrected chi connectivity index (χ0v) is 14.9. The van der Waals surface area contributed by atoms with Crippen LogP contribution >= 0.6 is 11.6 Å². The Kier molecular flexibility index (Phi) is 6.98. The van der Waals surface area contributed by atoms with Crippen molar-refractivity contribution >= 4 is 23.5 Å². The van der Waals surface area contributed by atoms with Gasteiger partial charge in [-0.2, -0.15) is 0 Å². The first-order valence-corrected chi connectivity index (χ1v) is 8.17. The molecule has 0 heterocycles. The average molecular weight is 362 g/mol. The maximum Gasteiger partial charge on any atom is 0.338 e. The zero-order chi connectivity index (χ0) is 18.2. The summed E-state index contributed by atoms with van der Waals surface area (Å²) in [6, 6.07) is 13.8. The molecule has 2 aromatic carbocycles. The number of esters is 1. The monoisotopic (exact) mass is 361 g/mol. The van der Waals surface area contributed by atoms with Crippen LogP contribution in [0, 0.1) is 0 Å². The highest BCUT2D eigenvalue weighted by molar-refractivity contribution is 6.30. The predicted octanol–water partition coefficient (Wildman–Crippen LogP) is 3.52. The van der Waals surface area contributed by atoms with Crippen LogP contribution < -0.4 is 5.32 Å². The van der Waals surface area contributed by atoms with Crippen LogP contribution in [0.15, 0.2) is 48.5 Å². The minimum atomic E-state index is -0.547. The molecular formula is C19H20ClNO4. The summed E-state index contributed by atoms with van der Waals surface area (Å²) < 4.78 is 10.1. The third kappa shape index (κ3) is 5.89. The van der Waals surface area contributed by atoms with Gasteiger partial charge in [0.2, 0.25) is 0 Å². The largest absolute Gasteiger partial charge is 0.452 e. The number of halogens is 1. The second-order valence-corrected chi connectivity index (χ2v) is 5.99. The summed E-state index contributed by atoms with van der Waals surface area (Å²) in [6.07, 6.45) is 0. The molecule has 1 unspecified atom stereocenters. The Hall–Kier alpha value is -2.37. The molecule has 0 aliphatic rings. The number of amides is 1. The predicted molar refractivity (Wildman–Crippen MR) is 95.4 cm³/mol. The summed E-state index contributed by atoms with van der Waals surface area (Å²) in [5.74, 6) is -0.925. The highest BCUT2D eigenvalue weighted by atomic mass is 35.5. The molecule has 1 amide bonds. The lowest BCUT2D eigenvalue weighted by atomic mass is 10.1. The summed E-state index contributed by atoms with van der Waals surface area (Å²) in [5.41, 5.74) is 2.21. The van der Waals surface area contributed by atoms with Gasteiger partial charge in [0.25, 0.3) is 5.91 Å². The lowest BCUT2D eigenvalue weighted by molar-refractivity contribution is -0.124. The minimum absolute atomic E-state index is 0.238. The van der Waals surface area contributed by atoms with E-state index in [-0.39, 0.29) is 18.6 Å². The van der Waals surface area contributed by atoms with Crippen molar-refractivity contribution in [1.82, 2.24) is 5.32 Å². The molecule has 25 heavy (non-hydrogen) atoms. The van der Waals surface area contributed by atoms with Gasteiger partial charge in [0, 0.05) is 12.1 Å².